The van der Waals surface area contributed by atoms with Crippen LogP contribution in [-0.4, -0.2) is 38.8 Å². The number of cyclic esters (lactones) is 1. The molecule has 0 radical (unpaired) electrons. The van der Waals surface area contributed by atoms with Crippen LogP contribution in [-0.2, 0) is 19.0 Å². The Hall–Kier alpha value is -1.86. The molecular weight excluding hydrogens is 378 g/mol. The van der Waals surface area contributed by atoms with Crippen LogP contribution in [0.25, 0.3) is 0 Å². The number of amides is 1. The zero-order valence-electron chi connectivity index (χ0n) is 16.6. The smallest absolute Gasteiger partial charge is 0.412 e. The first kappa shape index (κ1) is 22.4. The second kappa shape index (κ2) is 11.2. The van der Waals surface area contributed by atoms with E-state index in [0.29, 0.717) is 6.54 Å². The van der Waals surface area contributed by atoms with E-state index in [2.05, 4.69) is 6.58 Å². The normalized spacial score (nSPS) is 17.0. The lowest BCUT2D eigenvalue weighted by molar-refractivity contribution is 0.0105. The number of unbranched alkanes of at least 4 members (excludes halogenated alkanes) is 7. The van der Waals surface area contributed by atoms with Gasteiger partial charge >= 0.3 is 6.09 Å². The van der Waals surface area contributed by atoms with Gasteiger partial charge in [-0.1, -0.05) is 55.9 Å². The van der Waals surface area contributed by atoms with Crippen LogP contribution in [0.5, 0.6) is 0 Å². The average molecular weight is 410 g/mol. The molecule has 1 heterocycles. The molecule has 1 aromatic carbocycles. The first-order valence-electron chi connectivity index (χ1n) is 9.99. The molecule has 0 N–H and O–H groups in total. The van der Waals surface area contributed by atoms with Crippen molar-refractivity contribution in [1.82, 2.24) is 4.90 Å². The Morgan fingerprint density at radius 3 is 2.36 bits per heavy atom. The highest BCUT2D eigenvalue weighted by atomic mass is 32.2. The van der Waals surface area contributed by atoms with Crippen LogP contribution in [0.4, 0.5) is 4.79 Å². The number of carbonyl (C=O) groups excluding carboxylic acids is 1. The van der Waals surface area contributed by atoms with E-state index < -0.39 is 22.5 Å². The molecule has 1 atom stereocenters. The Labute approximate surface area is 168 Å². The predicted octanol–water partition coefficient (Wildman–Crippen LogP) is 4.79. The van der Waals surface area contributed by atoms with E-state index in [1.54, 1.807) is 12.1 Å². The Kier molecular flexibility index (Phi) is 8.99. The molecule has 2 rings (SSSR count). The van der Waals surface area contributed by atoms with Gasteiger partial charge in [0, 0.05) is 6.54 Å². The van der Waals surface area contributed by atoms with Gasteiger partial charge in [0.2, 0.25) is 6.29 Å². The number of allylic oxidation sites excluding steroid dienone is 1. The lowest BCUT2D eigenvalue weighted by Gasteiger charge is -2.12. The molecular formula is C21H31NO5S. The fourth-order valence-electron chi connectivity index (χ4n) is 3.09. The highest BCUT2D eigenvalue weighted by Crippen LogP contribution is 2.20. The number of rotatable bonds is 13. The van der Waals surface area contributed by atoms with Gasteiger partial charge in [0.25, 0.3) is 10.1 Å². The number of benzene rings is 1. The molecule has 1 amide bonds. The SMILES string of the molecule is C=CCCCCCCCCCN1CC(OS(=O)(=O)c2ccc(C)cc2)OC1=O. The van der Waals surface area contributed by atoms with Crippen molar-refractivity contribution in [2.75, 3.05) is 13.1 Å². The maximum atomic E-state index is 12.3. The van der Waals surface area contributed by atoms with E-state index in [4.69, 9.17) is 8.92 Å². The lowest BCUT2D eigenvalue weighted by atomic mass is 10.1. The summed E-state index contributed by atoms with van der Waals surface area (Å²) in [7, 11) is -3.96. The van der Waals surface area contributed by atoms with Crippen molar-refractivity contribution in [2.24, 2.45) is 0 Å². The number of hydrogen-bond acceptors (Lipinski definition) is 5. The molecule has 156 valence electrons. The van der Waals surface area contributed by atoms with E-state index in [1.165, 1.54) is 42.7 Å². The van der Waals surface area contributed by atoms with Crippen LogP contribution in [0.1, 0.15) is 56.9 Å². The molecule has 1 saturated heterocycles. The Balaban J connectivity index is 1.67. The third kappa shape index (κ3) is 7.28. The lowest BCUT2D eigenvalue weighted by Crippen LogP contribution is -2.27. The summed E-state index contributed by atoms with van der Waals surface area (Å²) in [6.45, 7) is 6.28. The molecule has 0 spiro atoms. The second-order valence-electron chi connectivity index (χ2n) is 7.17. The number of carbonyl (C=O) groups is 1. The number of ether oxygens (including phenoxy) is 1. The third-order valence-electron chi connectivity index (χ3n) is 4.74. The van der Waals surface area contributed by atoms with Crippen LogP contribution in [0.2, 0.25) is 0 Å². The fourth-order valence-corrected chi connectivity index (χ4v) is 4.05. The molecule has 6 nitrogen and oxygen atoms in total. The van der Waals surface area contributed by atoms with Gasteiger partial charge < -0.3 is 9.64 Å². The van der Waals surface area contributed by atoms with Crippen molar-refractivity contribution in [3.63, 3.8) is 0 Å². The highest BCUT2D eigenvalue weighted by molar-refractivity contribution is 7.86. The van der Waals surface area contributed by atoms with Crippen LogP contribution in [0, 0.1) is 6.92 Å². The maximum absolute atomic E-state index is 12.3. The van der Waals surface area contributed by atoms with E-state index in [-0.39, 0.29) is 11.4 Å². The first-order valence-corrected chi connectivity index (χ1v) is 11.4. The molecule has 1 fully saturated rings. The highest BCUT2D eigenvalue weighted by Gasteiger charge is 2.35. The maximum Gasteiger partial charge on any atom is 0.412 e. The molecule has 0 aliphatic carbocycles. The van der Waals surface area contributed by atoms with Crippen LogP contribution in [0.15, 0.2) is 41.8 Å². The van der Waals surface area contributed by atoms with Gasteiger partial charge in [-0.3, -0.25) is 0 Å². The zero-order chi connectivity index (χ0) is 20.4. The summed E-state index contributed by atoms with van der Waals surface area (Å²) in [6, 6.07) is 6.36. The minimum absolute atomic E-state index is 0.0562. The van der Waals surface area contributed by atoms with Crippen LogP contribution in [0.3, 0.4) is 0 Å². The van der Waals surface area contributed by atoms with Gasteiger partial charge in [0.15, 0.2) is 0 Å². The summed E-state index contributed by atoms with van der Waals surface area (Å²) >= 11 is 0. The Bertz CT molecular complexity index is 730. The molecule has 0 aromatic heterocycles. The van der Waals surface area contributed by atoms with E-state index >= 15 is 0 Å². The molecule has 28 heavy (non-hydrogen) atoms. The van der Waals surface area contributed by atoms with Gasteiger partial charge in [-0.05, 0) is 38.3 Å². The molecule has 0 saturated carbocycles. The van der Waals surface area contributed by atoms with Gasteiger partial charge in [-0.15, -0.1) is 6.58 Å². The molecule has 1 aliphatic rings. The predicted molar refractivity (Wildman–Crippen MR) is 108 cm³/mol. The van der Waals surface area contributed by atoms with Gasteiger partial charge in [-0.25, -0.2) is 8.98 Å². The average Bonchev–Trinajstić information content (AvgIpc) is 2.99. The van der Waals surface area contributed by atoms with E-state index in [0.717, 1.165) is 31.2 Å². The summed E-state index contributed by atoms with van der Waals surface area (Å²) in [6.07, 6.45) is 9.34. The molecule has 1 aromatic rings. The standard InChI is InChI=1S/C21H31NO5S/c1-3-4-5-6-7-8-9-10-11-16-22-17-20(26-21(22)23)27-28(24,25)19-14-12-18(2)13-15-19/h3,12-15,20H,1,4-11,16-17H2,2H3. The first-order chi connectivity index (χ1) is 13.4. The third-order valence-corrected chi connectivity index (χ3v) is 6.06. The summed E-state index contributed by atoms with van der Waals surface area (Å²) in [5.74, 6) is 0. The van der Waals surface area contributed by atoms with Crippen molar-refractivity contribution in [1.29, 1.82) is 0 Å². The summed E-state index contributed by atoms with van der Waals surface area (Å²) in [5, 5.41) is 0. The van der Waals surface area contributed by atoms with Gasteiger partial charge in [0.05, 0.1) is 11.4 Å². The van der Waals surface area contributed by atoms with Crippen molar-refractivity contribution in [2.45, 2.75) is 69.5 Å². The van der Waals surface area contributed by atoms with E-state index in [1.807, 2.05) is 13.0 Å². The number of aryl methyl sites for hydroxylation is 1. The minimum Gasteiger partial charge on any atom is -0.416 e. The second-order valence-corrected chi connectivity index (χ2v) is 8.75. The molecule has 7 heteroatoms. The zero-order valence-corrected chi connectivity index (χ0v) is 17.5. The van der Waals surface area contributed by atoms with Crippen LogP contribution >= 0.6 is 0 Å². The van der Waals surface area contributed by atoms with Gasteiger partial charge in [0.1, 0.15) is 0 Å². The Morgan fingerprint density at radius 1 is 1.11 bits per heavy atom. The summed E-state index contributed by atoms with van der Waals surface area (Å²) in [4.78, 5) is 13.5. The molecule has 1 unspecified atom stereocenters. The summed E-state index contributed by atoms with van der Waals surface area (Å²) in [5.41, 5.74) is 0.953. The summed E-state index contributed by atoms with van der Waals surface area (Å²) < 4.78 is 34.8. The quantitative estimate of drug-likeness (QED) is 0.266. The number of nitrogens with zero attached hydrogens (tertiary/aromatic N) is 1. The molecule has 0 bridgehead atoms. The number of hydrogen-bond donors (Lipinski definition) is 0. The van der Waals surface area contributed by atoms with E-state index in [9.17, 15) is 13.2 Å². The van der Waals surface area contributed by atoms with Crippen molar-refractivity contribution in [3.8, 4) is 0 Å². The topological polar surface area (TPSA) is 72.9 Å². The van der Waals surface area contributed by atoms with Crippen LogP contribution < -0.4 is 0 Å². The van der Waals surface area contributed by atoms with Crippen molar-refractivity contribution >= 4 is 16.2 Å². The minimum atomic E-state index is -3.96. The Morgan fingerprint density at radius 2 is 1.71 bits per heavy atom. The van der Waals surface area contributed by atoms with Crippen molar-refractivity contribution in [3.05, 3.63) is 42.5 Å². The molecule has 1 aliphatic heterocycles. The fraction of sp³-hybridized carbons (Fsp3) is 0.571. The largest absolute Gasteiger partial charge is 0.416 e. The van der Waals surface area contributed by atoms with Crippen molar-refractivity contribution < 1.29 is 22.1 Å². The monoisotopic (exact) mass is 409 g/mol. The van der Waals surface area contributed by atoms with Gasteiger partial charge in [-0.2, -0.15) is 8.42 Å².